The number of amides is 2. The smallest absolute Gasteiger partial charge is 0.332 e. The molecule has 2 heterocycles. The average molecular weight is 285 g/mol. The number of likely N-dealkylation sites (N-methyl/N-ethyl adjacent to an activating group) is 1. The van der Waals surface area contributed by atoms with E-state index in [1.54, 1.807) is 4.90 Å². The summed E-state index contributed by atoms with van der Waals surface area (Å²) in [6.07, 6.45) is 0.299. The normalized spacial score (nSPS) is 27.6. The molecule has 2 atom stereocenters. The first-order valence-corrected chi connectivity index (χ1v) is 7.23. The van der Waals surface area contributed by atoms with Crippen molar-refractivity contribution in [2.75, 3.05) is 39.3 Å². The minimum atomic E-state index is -0.922. The van der Waals surface area contributed by atoms with E-state index < -0.39 is 12.1 Å². The summed E-state index contributed by atoms with van der Waals surface area (Å²) in [5.41, 5.74) is 0. The number of ether oxygens (including phenoxy) is 1. The van der Waals surface area contributed by atoms with Crippen LogP contribution >= 0.6 is 0 Å². The van der Waals surface area contributed by atoms with Gasteiger partial charge in [0.25, 0.3) is 0 Å². The Bertz CT molecular complexity index is 356. The van der Waals surface area contributed by atoms with Gasteiger partial charge in [-0.1, -0.05) is 6.92 Å². The van der Waals surface area contributed by atoms with Crippen molar-refractivity contribution in [1.82, 2.24) is 15.1 Å². The number of hydrogen-bond donors (Lipinski definition) is 2. The van der Waals surface area contributed by atoms with Crippen LogP contribution in [0.4, 0.5) is 4.79 Å². The van der Waals surface area contributed by atoms with Crippen LogP contribution in [0.15, 0.2) is 0 Å². The van der Waals surface area contributed by atoms with Crippen molar-refractivity contribution in [3.05, 3.63) is 0 Å². The Labute approximate surface area is 118 Å². The van der Waals surface area contributed by atoms with Crippen LogP contribution < -0.4 is 5.32 Å². The Morgan fingerprint density at radius 1 is 1.25 bits per heavy atom. The zero-order chi connectivity index (χ0) is 14.5. The maximum absolute atomic E-state index is 12.0. The van der Waals surface area contributed by atoms with Crippen molar-refractivity contribution < 1.29 is 19.4 Å². The molecule has 0 saturated carbocycles. The number of carbonyl (C=O) groups is 2. The number of nitrogens with zero attached hydrogens (tertiary/aromatic N) is 2. The van der Waals surface area contributed by atoms with E-state index in [0.717, 1.165) is 32.7 Å². The average Bonchev–Trinajstić information content (AvgIpc) is 2.94. The van der Waals surface area contributed by atoms with Crippen molar-refractivity contribution in [2.45, 2.75) is 32.0 Å². The standard InChI is InChI=1S/C13H23N3O4/c1-2-15-5-7-16(8-6-15)13(19)14-9-10-3-4-11(20-10)12(17)18/h10-11H,2-9H2,1H3,(H,14,19)(H,17,18). The van der Waals surface area contributed by atoms with E-state index in [4.69, 9.17) is 9.84 Å². The van der Waals surface area contributed by atoms with E-state index in [2.05, 4.69) is 17.1 Å². The highest BCUT2D eigenvalue weighted by Crippen LogP contribution is 2.19. The molecule has 0 bridgehead atoms. The highest BCUT2D eigenvalue weighted by molar-refractivity contribution is 5.74. The van der Waals surface area contributed by atoms with Crippen molar-refractivity contribution in [3.63, 3.8) is 0 Å². The monoisotopic (exact) mass is 285 g/mol. The minimum absolute atomic E-state index is 0.0804. The molecule has 7 nitrogen and oxygen atoms in total. The van der Waals surface area contributed by atoms with Crippen LogP contribution in [0.3, 0.4) is 0 Å². The quantitative estimate of drug-likeness (QED) is 0.758. The topological polar surface area (TPSA) is 82.1 Å². The molecule has 0 aromatic carbocycles. The molecule has 2 aliphatic heterocycles. The summed E-state index contributed by atoms with van der Waals surface area (Å²) in [4.78, 5) is 26.9. The Morgan fingerprint density at radius 3 is 2.50 bits per heavy atom. The van der Waals surface area contributed by atoms with Gasteiger partial charge in [0.2, 0.25) is 0 Å². The second kappa shape index (κ2) is 6.90. The van der Waals surface area contributed by atoms with Crippen LogP contribution in [0.1, 0.15) is 19.8 Å². The van der Waals surface area contributed by atoms with Crippen molar-refractivity contribution >= 4 is 12.0 Å². The molecule has 0 radical (unpaired) electrons. The third kappa shape index (κ3) is 3.83. The van der Waals surface area contributed by atoms with E-state index >= 15 is 0 Å². The lowest BCUT2D eigenvalue weighted by Gasteiger charge is -2.34. The van der Waals surface area contributed by atoms with E-state index in [0.29, 0.717) is 19.4 Å². The molecule has 2 aliphatic rings. The van der Waals surface area contributed by atoms with Crippen LogP contribution in [-0.2, 0) is 9.53 Å². The molecule has 2 unspecified atom stereocenters. The maximum atomic E-state index is 12.0. The highest BCUT2D eigenvalue weighted by atomic mass is 16.5. The van der Waals surface area contributed by atoms with Gasteiger partial charge < -0.3 is 25.0 Å². The van der Waals surface area contributed by atoms with E-state index in [-0.39, 0.29) is 12.1 Å². The van der Waals surface area contributed by atoms with Crippen LogP contribution in [-0.4, -0.2) is 78.4 Å². The fraction of sp³-hybridized carbons (Fsp3) is 0.846. The fourth-order valence-electron chi connectivity index (χ4n) is 2.62. The first kappa shape index (κ1) is 15.1. The third-order valence-electron chi connectivity index (χ3n) is 3.97. The maximum Gasteiger partial charge on any atom is 0.332 e. The summed E-state index contributed by atoms with van der Waals surface area (Å²) in [5.74, 6) is -0.922. The van der Waals surface area contributed by atoms with Crippen LogP contribution in [0, 0.1) is 0 Å². The van der Waals surface area contributed by atoms with Crippen LogP contribution in [0.2, 0.25) is 0 Å². The number of urea groups is 1. The van der Waals surface area contributed by atoms with Gasteiger partial charge in [-0.05, 0) is 19.4 Å². The highest BCUT2D eigenvalue weighted by Gasteiger charge is 2.31. The number of carboxylic acid groups (broad SMARTS) is 1. The fourth-order valence-corrected chi connectivity index (χ4v) is 2.62. The molecular weight excluding hydrogens is 262 g/mol. The summed E-state index contributed by atoms with van der Waals surface area (Å²) in [6, 6.07) is -0.0804. The Balaban J connectivity index is 1.67. The molecule has 7 heteroatoms. The molecule has 2 rings (SSSR count). The summed E-state index contributed by atoms with van der Waals surface area (Å²) in [7, 11) is 0. The lowest BCUT2D eigenvalue weighted by atomic mass is 10.2. The summed E-state index contributed by atoms with van der Waals surface area (Å²) < 4.78 is 5.35. The number of hydrogen-bond acceptors (Lipinski definition) is 4. The zero-order valence-corrected chi connectivity index (χ0v) is 11.9. The lowest BCUT2D eigenvalue weighted by Crippen LogP contribution is -2.52. The van der Waals surface area contributed by atoms with Gasteiger partial charge in [-0.2, -0.15) is 0 Å². The first-order chi connectivity index (χ1) is 9.60. The number of carboxylic acids is 1. The van der Waals surface area contributed by atoms with E-state index in [1.165, 1.54) is 0 Å². The van der Waals surface area contributed by atoms with Gasteiger partial charge in [-0.3, -0.25) is 0 Å². The lowest BCUT2D eigenvalue weighted by molar-refractivity contribution is -0.149. The molecule has 0 aliphatic carbocycles. The number of carbonyl (C=O) groups excluding carboxylic acids is 1. The van der Waals surface area contributed by atoms with Gasteiger partial charge in [0, 0.05) is 32.7 Å². The molecule has 20 heavy (non-hydrogen) atoms. The van der Waals surface area contributed by atoms with Crippen molar-refractivity contribution in [2.24, 2.45) is 0 Å². The Hall–Kier alpha value is -1.34. The van der Waals surface area contributed by atoms with Crippen molar-refractivity contribution in [1.29, 1.82) is 0 Å². The van der Waals surface area contributed by atoms with E-state index in [9.17, 15) is 9.59 Å². The second-order valence-electron chi connectivity index (χ2n) is 5.27. The summed E-state index contributed by atoms with van der Waals surface area (Å²) in [5, 5.41) is 11.7. The van der Waals surface area contributed by atoms with Crippen LogP contribution in [0.25, 0.3) is 0 Å². The van der Waals surface area contributed by atoms with Crippen molar-refractivity contribution in [3.8, 4) is 0 Å². The molecule has 0 aromatic heterocycles. The first-order valence-electron chi connectivity index (χ1n) is 7.23. The van der Waals surface area contributed by atoms with Gasteiger partial charge in [-0.25, -0.2) is 9.59 Å². The molecule has 0 spiro atoms. The third-order valence-corrected chi connectivity index (χ3v) is 3.97. The predicted molar refractivity (Wildman–Crippen MR) is 72.6 cm³/mol. The molecule has 2 saturated heterocycles. The van der Waals surface area contributed by atoms with Gasteiger partial charge in [-0.15, -0.1) is 0 Å². The van der Waals surface area contributed by atoms with Gasteiger partial charge in [0.15, 0.2) is 6.10 Å². The molecular formula is C13H23N3O4. The predicted octanol–water partition coefficient (Wildman–Crippen LogP) is -0.0343. The van der Waals surface area contributed by atoms with Gasteiger partial charge in [0.05, 0.1) is 6.10 Å². The zero-order valence-electron chi connectivity index (χ0n) is 11.9. The SMILES string of the molecule is CCN1CCN(C(=O)NCC2CCC(C(=O)O)O2)CC1. The molecule has 2 fully saturated rings. The number of piperazine rings is 1. The Morgan fingerprint density at radius 2 is 1.95 bits per heavy atom. The molecule has 2 amide bonds. The molecule has 2 N–H and O–H groups in total. The number of aliphatic carboxylic acids is 1. The minimum Gasteiger partial charge on any atom is -0.479 e. The molecule has 0 aromatic rings. The van der Waals surface area contributed by atoms with E-state index in [1.807, 2.05) is 0 Å². The second-order valence-corrected chi connectivity index (χ2v) is 5.27. The van der Waals surface area contributed by atoms with Gasteiger partial charge in [0.1, 0.15) is 0 Å². The molecule has 114 valence electrons. The largest absolute Gasteiger partial charge is 0.479 e. The Kier molecular flexibility index (Phi) is 5.19. The van der Waals surface area contributed by atoms with Crippen LogP contribution in [0.5, 0.6) is 0 Å². The number of nitrogens with one attached hydrogen (secondary N) is 1. The summed E-state index contributed by atoms with van der Waals surface area (Å²) >= 11 is 0. The summed E-state index contributed by atoms with van der Waals surface area (Å²) in [6.45, 7) is 6.81. The van der Waals surface area contributed by atoms with Gasteiger partial charge >= 0.3 is 12.0 Å². The number of rotatable bonds is 4.